The minimum atomic E-state index is 0.390. The van der Waals surface area contributed by atoms with E-state index in [9.17, 15) is 0 Å². The Bertz CT molecular complexity index is 560. The van der Waals surface area contributed by atoms with E-state index in [0.717, 1.165) is 36.5 Å². The first-order valence-corrected chi connectivity index (χ1v) is 8.38. The molecule has 1 aliphatic rings. The number of rotatable bonds is 4. The van der Waals surface area contributed by atoms with Crippen LogP contribution in [-0.4, -0.2) is 28.6 Å². The highest BCUT2D eigenvalue weighted by atomic mass is 32.1. The fourth-order valence-electron chi connectivity index (χ4n) is 3.12. The monoisotopic (exact) mass is 290 g/mol. The Morgan fingerprint density at radius 2 is 2.10 bits per heavy atom. The average molecular weight is 290 g/mol. The topological polar surface area (TPSA) is 55.0 Å². The molecule has 108 valence electrons. The first-order chi connectivity index (χ1) is 9.79. The summed E-state index contributed by atoms with van der Waals surface area (Å²) in [7, 11) is 0. The van der Waals surface area contributed by atoms with E-state index in [1.807, 2.05) is 0 Å². The molecule has 0 amide bonds. The Hall–Kier alpha value is -1.20. The van der Waals surface area contributed by atoms with Crippen LogP contribution in [0.1, 0.15) is 39.0 Å². The summed E-state index contributed by atoms with van der Waals surface area (Å²) in [5, 5.41) is 3.30. The molecule has 2 aromatic heterocycles. The molecule has 0 radical (unpaired) electrons. The number of nitrogens with two attached hydrogens (primary N) is 1. The second-order valence-electron chi connectivity index (χ2n) is 5.60. The van der Waals surface area contributed by atoms with Gasteiger partial charge in [-0.15, -0.1) is 11.3 Å². The lowest BCUT2D eigenvalue weighted by Crippen LogP contribution is -2.42. The summed E-state index contributed by atoms with van der Waals surface area (Å²) in [6, 6.07) is 3.11. The van der Waals surface area contributed by atoms with Crippen molar-refractivity contribution in [3.63, 3.8) is 0 Å². The molecule has 3 rings (SSSR count). The van der Waals surface area contributed by atoms with E-state index in [-0.39, 0.29) is 0 Å². The van der Waals surface area contributed by atoms with Crippen molar-refractivity contribution >= 4 is 27.4 Å². The molecule has 0 atom stereocenters. The van der Waals surface area contributed by atoms with Crippen molar-refractivity contribution in [1.82, 2.24) is 9.97 Å². The first kappa shape index (κ1) is 13.8. The highest BCUT2D eigenvalue weighted by Gasteiger charge is 2.26. The molecule has 2 N–H and O–H groups in total. The van der Waals surface area contributed by atoms with E-state index in [2.05, 4.69) is 33.2 Å². The predicted molar refractivity (Wildman–Crippen MR) is 85.3 cm³/mol. The fourth-order valence-corrected chi connectivity index (χ4v) is 3.85. The molecule has 0 unspecified atom stereocenters. The highest BCUT2D eigenvalue weighted by molar-refractivity contribution is 7.16. The van der Waals surface area contributed by atoms with Gasteiger partial charge in [0.25, 0.3) is 0 Å². The Morgan fingerprint density at radius 3 is 2.85 bits per heavy atom. The lowest BCUT2D eigenvalue weighted by Gasteiger charge is -2.37. The zero-order valence-electron chi connectivity index (χ0n) is 12.0. The largest absolute Gasteiger partial charge is 0.353 e. The van der Waals surface area contributed by atoms with Crippen LogP contribution in [0.2, 0.25) is 0 Å². The van der Waals surface area contributed by atoms with Gasteiger partial charge >= 0.3 is 0 Å². The van der Waals surface area contributed by atoms with Crippen LogP contribution in [0.5, 0.6) is 0 Å². The lowest BCUT2D eigenvalue weighted by atomic mass is 9.90. The molecule has 1 fully saturated rings. The van der Waals surface area contributed by atoms with E-state index >= 15 is 0 Å². The standard InChI is InChI=1S/C15H22N4S/c1-2-8-19(12-5-3-11(16)4-6-12)14-13-7-9-20-15(13)18-10-17-14/h7,9-12H,2-6,8,16H2,1H3. The molecular weight excluding hydrogens is 268 g/mol. The van der Waals surface area contributed by atoms with E-state index in [1.165, 1.54) is 18.2 Å². The SMILES string of the molecule is CCCN(c1ncnc2sccc12)C1CCC(N)CC1. The Morgan fingerprint density at radius 1 is 1.30 bits per heavy atom. The molecule has 2 heterocycles. The summed E-state index contributed by atoms with van der Waals surface area (Å²) in [5.74, 6) is 1.11. The van der Waals surface area contributed by atoms with Crippen LogP contribution in [0.4, 0.5) is 5.82 Å². The molecule has 4 nitrogen and oxygen atoms in total. The summed E-state index contributed by atoms with van der Waals surface area (Å²) in [5.41, 5.74) is 6.04. The van der Waals surface area contributed by atoms with E-state index < -0.39 is 0 Å². The van der Waals surface area contributed by atoms with Crippen LogP contribution in [0.3, 0.4) is 0 Å². The maximum absolute atomic E-state index is 6.04. The van der Waals surface area contributed by atoms with Crippen molar-refractivity contribution in [3.05, 3.63) is 17.8 Å². The number of nitrogens with zero attached hydrogens (tertiary/aromatic N) is 3. The molecule has 0 bridgehead atoms. The molecule has 0 aromatic carbocycles. The van der Waals surface area contributed by atoms with Gasteiger partial charge < -0.3 is 10.6 Å². The van der Waals surface area contributed by atoms with Crippen molar-refractivity contribution in [2.24, 2.45) is 5.73 Å². The zero-order valence-corrected chi connectivity index (χ0v) is 12.8. The lowest BCUT2D eigenvalue weighted by molar-refractivity contribution is 0.374. The van der Waals surface area contributed by atoms with E-state index in [4.69, 9.17) is 5.73 Å². The Labute approximate surface area is 124 Å². The van der Waals surface area contributed by atoms with Gasteiger partial charge in [0.05, 0.1) is 5.39 Å². The van der Waals surface area contributed by atoms with Crippen LogP contribution in [-0.2, 0) is 0 Å². The van der Waals surface area contributed by atoms with Gasteiger partial charge in [-0.05, 0) is 43.6 Å². The molecule has 1 saturated carbocycles. The Balaban J connectivity index is 1.91. The third-order valence-electron chi connectivity index (χ3n) is 4.16. The van der Waals surface area contributed by atoms with Crippen LogP contribution < -0.4 is 10.6 Å². The quantitative estimate of drug-likeness (QED) is 0.939. The minimum Gasteiger partial charge on any atom is -0.353 e. The summed E-state index contributed by atoms with van der Waals surface area (Å²) in [6.07, 6.45) is 7.45. The summed E-state index contributed by atoms with van der Waals surface area (Å²) in [6.45, 7) is 3.29. The number of thiophene rings is 1. The molecule has 20 heavy (non-hydrogen) atoms. The third kappa shape index (κ3) is 2.65. The van der Waals surface area contributed by atoms with Crippen LogP contribution in [0, 0.1) is 0 Å². The van der Waals surface area contributed by atoms with Gasteiger partial charge in [0.1, 0.15) is 17.0 Å². The van der Waals surface area contributed by atoms with Crippen LogP contribution in [0.15, 0.2) is 17.8 Å². The molecule has 1 aliphatic carbocycles. The van der Waals surface area contributed by atoms with Crippen molar-refractivity contribution in [2.75, 3.05) is 11.4 Å². The molecule has 0 aliphatic heterocycles. The van der Waals surface area contributed by atoms with E-state index in [1.54, 1.807) is 17.7 Å². The van der Waals surface area contributed by atoms with Gasteiger partial charge in [0.15, 0.2) is 0 Å². The zero-order chi connectivity index (χ0) is 13.9. The van der Waals surface area contributed by atoms with Crippen molar-refractivity contribution in [3.8, 4) is 0 Å². The maximum Gasteiger partial charge on any atom is 0.141 e. The first-order valence-electron chi connectivity index (χ1n) is 7.50. The normalized spacial score (nSPS) is 23.1. The van der Waals surface area contributed by atoms with Crippen LogP contribution >= 0.6 is 11.3 Å². The maximum atomic E-state index is 6.04. The number of aromatic nitrogens is 2. The molecule has 5 heteroatoms. The highest BCUT2D eigenvalue weighted by Crippen LogP contribution is 2.31. The van der Waals surface area contributed by atoms with E-state index in [0.29, 0.717) is 12.1 Å². The molecule has 2 aromatic rings. The van der Waals surface area contributed by atoms with Crippen molar-refractivity contribution < 1.29 is 0 Å². The second-order valence-corrected chi connectivity index (χ2v) is 6.49. The number of fused-ring (bicyclic) bond motifs is 1. The fraction of sp³-hybridized carbons (Fsp3) is 0.600. The van der Waals surface area contributed by atoms with Gasteiger partial charge in [0, 0.05) is 18.6 Å². The molecule has 0 spiro atoms. The number of hydrogen-bond donors (Lipinski definition) is 1. The summed E-state index contributed by atoms with van der Waals surface area (Å²) in [4.78, 5) is 12.5. The van der Waals surface area contributed by atoms with Gasteiger partial charge in [-0.2, -0.15) is 0 Å². The van der Waals surface area contributed by atoms with Gasteiger partial charge in [0.2, 0.25) is 0 Å². The van der Waals surface area contributed by atoms with Gasteiger partial charge in [-0.3, -0.25) is 0 Å². The van der Waals surface area contributed by atoms with Crippen LogP contribution in [0.25, 0.3) is 10.2 Å². The number of hydrogen-bond acceptors (Lipinski definition) is 5. The molecule has 0 saturated heterocycles. The van der Waals surface area contributed by atoms with Crippen molar-refractivity contribution in [1.29, 1.82) is 0 Å². The van der Waals surface area contributed by atoms with Gasteiger partial charge in [-0.25, -0.2) is 9.97 Å². The number of anilines is 1. The van der Waals surface area contributed by atoms with Gasteiger partial charge in [-0.1, -0.05) is 6.92 Å². The Kier molecular flexibility index (Phi) is 4.17. The summed E-state index contributed by atoms with van der Waals surface area (Å²) >= 11 is 1.69. The molecular formula is C15H22N4S. The minimum absolute atomic E-state index is 0.390. The predicted octanol–water partition coefficient (Wildman–Crippen LogP) is 3.18. The summed E-state index contributed by atoms with van der Waals surface area (Å²) < 4.78 is 0. The average Bonchev–Trinajstić information content (AvgIpc) is 2.94. The second kappa shape index (κ2) is 6.06. The van der Waals surface area contributed by atoms with Crippen molar-refractivity contribution in [2.45, 2.75) is 51.1 Å². The smallest absolute Gasteiger partial charge is 0.141 e. The third-order valence-corrected chi connectivity index (χ3v) is 4.98.